The molecular weight excluding hydrogens is 361 g/mol. The molecule has 2 radical (unpaired) electrons. The number of benzene rings is 3. The van der Waals surface area contributed by atoms with Crippen LogP contribution < -0.4 is 5.46 Å². The van der Waals surface area contributed by atoms with Crippen molar-refractivity contribution in [2.45, 2.75) is 0 Å². The highest BCUT2D eigenvalue weighted by Gasteiger charge is 2.30. The summed E-state index contributed by atoms with van der Waals surface area (Å²) < 4.78 is 0. The zero-order chi connectivity index (χ0) is 19.9. The SMILES string of the molecule is [B]c1c(O)c(O)c2c([nH]c3c(O)c4c(O)c(O)c(O)c(O)c4c(O)c32)c1O. The summed E-state index contributed by atoms with van der Waals surface area (Å²) in [7, 11) is 5.48. The molecule has 0 unspecified atom stereocenters. The summed E-state index contributed by atoms with van der Waals surface area (Å²) in [5.41, 5.74) is -1.17. The van der Waals surface area contributed by atoms with Gasteiger partial charge >= 0.3 is 0 Å². The summed E-state index contributed by atoms with van der Waals surface area (Å²) in [4.78, 5) is 2.49. The van der Waals surface area contributed by atoms with Crippen LogP contribution in [0.3, 0.4) is 0 Å². The van der Waals surface area contributed by atoms with Gasteiger partial charge in [0, 0.05) is 0 Å². The zero-order valence-electron chi connectivity index (χ0n) is 13.1. The van der Waals surface area contributed by atoms with E-state index in [1.165, 1.54) is 0 Å². The Kier molecular flexibility index (Phi) is 2.92. The molecule has 0 amide bonds. The van der Waals surface area contributed by atoms with Crippen molar-refractivity contribution in [1.29, 1.82) is 0 Å². The molecule has 10 nitrogen and oxygen atoms in total. The second-order valence-corrected chi connectivity index (χ2v) is 5.93. The van der Waals surface area contributed by atoms with Gasteiger partial charge in [0.25, 0.3) is 0 Å². The Bertz CT molecular complexity index is 1330. The average Bonchev–Trinajstić information content (AvgIpc) is 3.05. The molecule has 0 spiro atoms. The van der Waals surface area contributed by atoms with Gasteiger partial charge in [-0.2, -0.15) is 0 Å². The number of aromatic hydroxyl groups is 9. The summed E-state index contributed by atoms with van der Waals surface area (Å²) in [6, 6.07) is 0. The second-order valence-electron chi connectivity index (χ2n) is 5.93. The fraction of sp³-hybridized carbons (Fsp3) is 0. The van der Waals surface area contributed by atoms with Crippen LogP contribution in [-0.2, 0) is 0 Å². The van der Waals surface area contributed by atoms with Gasteiger partial charge < -0.3 is 50.9 Å². The maximum atomic E-state index is 10.6. The fourth-order valence-electron chi connectivity index (χ4n) is 3.23. The van der Waals surface area contributed by atoms with Crippen LogP contribution in [0.2, 0.25) is 0 Å². The lowest BCUT2D eigenvalue weighted by atomic mass is 9.91. The molecule has 0 fully saturated rings. The van der Waals surface area contributed by atoms with Gasteiger partial charge in [0.15, 0.2) is 28.7 Å². The van der Waals surface area contributed by atoms with Crippen molar-refractivity contribution >= 4 is 45.9 Å². The van der Waals surface area contributed by atoms with Crippen LogP contribution in [0.5, 0.6) is 51.7 Å². The van der Waals surface area contributed by atoms with Gasteiger partial charge in [-0.05, 0) is 5.46 Å². The maximum absolute atomic E-state index is 10.6. The molecule has 10 N–H and O–H groups in total. The number of rotatable bonds is 0. The Morgan fingerprint density at radius 2 is 0.815 bits per heavy atom. The monoisotopic (exact) mass is 371 g/mol. The first-order valence-electron chi connectivity index (χ1n) is 7.30. The summed E-state index contributed by atoms with van der Waals surface area (Å²) in [5.74, 6) is -8.46. The smallest absolute Gasteiger partial charge is 0.205 e. The number of phenols is 9. The molecule has 0 aliphatic carbocycles. The van der Waals surface area contributed by atoms with E-state index in [0.717, 1.165) is 0 Å². The minimum atomic E-state index is -1.16. The predicted octanol–water partition coefficient (Wildman–Crippen LogP) is 0.618. The normalized spacial score (nSPS) is 11.7. The van der Waals surface area contributed by atoms with E-state index in [-0.39, 0.29) is 21.8 Å². The lowest BCUT2D eigenvalue weighted by Crippen LogP contribution is -2.04. The molecule has 0 aliphatic rings. The van der Waals surface area contributed by atoms with Crippen LogP contribution in [0.25, 0.3) is 32.6 Å². The van der Waals surface area contributed by atoms with Crippen molar-refractivity contribution in [3.8, 4) is 51.7 Å². The van der Waals surface area contributed by atoms with Crippen LogP contribution >= 0.6 is 0 Å². The topological polar surface area (TPSA) is 198 Å². The highest BCUT2D eigenvalue weighted by molar-refractivity contribution is 6.39. The van der Waals surface area contributed by atoms with Crippen LogP contribution in [0.4, 0.5) is 0 Å². The van der Waals surface area contributed by atoms with Gasteiger partial charge in [0.05, 0.1) is 32.6 Å². The zero-order valence-corrected chi connectivity index (χ0v) is 13.1. The van der Waals surface area contributed by atoms with E-state index in [1.54, 1.807) is 0 Å². The minimum absolute atomic E-state index is 0.272. The van der Waals surface area contributed by atoms with Gasteiger partial charge in [0.2, 0.25) is 11.5 Å². The lowest BCUT2D eigenvalue weighted by molar-refractivity contribution is 0.349. The van der Waals surface area contributed by atoms with Crippen molar-refractivity contribution in [3.05, 3.63) is 0 Å². The van der Waals surface area contributed by atoms with Crippen molar-refractivity contribution in [1.82, 2.24) is 4.98 Å². The molecular formula is C16H10BNO9. The first-order chi connectivity index (χ1) is 12.6. The fourth-order valence-corrected chi connectivity index (χ4v) is 3.23. The number of hydrogen-bond acceptors (Lipinski definition) is 9. The standard InChI is InChI=1S/C16H10BNO9/c17-5-13(24)7-2(10(21)14(5)25)1-6(18-7)9(20)4-3(8(1)19)11(22)15(26)16(27)12(4)23/h18-27H. The molecule has 0 aliphatic heterocycles. The van der Waals surface area contributed by atoms with E-state index in [2.05, 4.69) is 4.98 Å². The van der Waals surface area contributed by atoms with Crippen LogP contribution in [0.15, 0.2) is 0 Å². The third-order valence-corrected chi connectivity index (χ3v) is 4.55. The molecule has 0 saturated carbocycles. The number of fused-ring (bicyclic) bond motifs is 4. The van der Waals surface area contributed by atoms with Gasteiger partial charge in [-0.15, -0.1) is 0 Å². The average molecular weight is 371 g/mol. The molecule has 11 heteroatoms. The Hall–Kier alpha value is -4.02. The summed E-state index contributed by atoms with van der Waals surface area (Å²) in [5, 5.41) is 88.8. The van der Waals surface area contributed by atoms with Crippen LogP contribution in [0, 0.1) is 0 Å². The highest BCUT2D eigenvalue weighted by atomic mass is 16.3. The molecule has 4 aromatic rings. The highest BCUT2D eigenvalue weighted by Crippen LogP contribution is 2.58. The van der Waals surface area contributed by atoms with E-state index >= 15 is 0 Å². The van der Waals surface area contributed by atoms with Gasteiger partial charge in [0.1, 0.15) is 19.3 Å². The van der Waals surface area contributed by atoms with E-state index < -0.39 is 68.0 Å². The molecule has 0 saturated heterocycles. The molecule has 136 valence electrons. The van der Waals surface area contributed by atoms with Gasteiger partial charge in [-0.25, -0.2) is 0 Å². The molecule has 4 rings (SSSR count). The van der Waals surface area contributed by atoms with E-state index in [4.69, 9.17) is 7.85 Å². The number of phenolic OH excluding ortho intramolecular Hbond substituents is 9. The molecule has 27 heavy (non-hydrogen) atoms. The molecule has 0 atom stereocenters. The Labute approximate surface area is 149 Å². The summed E-state index contributed by atoms with van der Waals surface area (Å²) in [6.07, 6.45) is 0. The van der Waals surface area contributed by atoms with E-state index in [0.29, 0.717) is 0 Å². The summed E-state index contributed by atoms with van der Waals surface area (Å²) in [6.45, 7) is 0. The predicted molar refractivity (Wildman–Crippen MR) is 93.7 cm³/mol. The molecule has 1 aromatic heterocycles. The van der Waals surface area contributed by atoms with Crippen molar-refractivity contribution in [2.75, 3.05) is 0 Å². The Morgan fingerprint density at radius 3 is 1.37 bits per heavy atom. The first kappa shape index (κ1) is 16.5. The summed E-state index contributed by atoms with van der Waals surface area (Å²) >= 11 is 0. The number of aromatic amines is 1. The van der Waals surface area contributed by atoms with Gasteiger partial charge in [-0.3, -0.25) is 0 Å². The van der Waals surface area contributed by atoms with Crippen molar-refractivity contribution in [2.24, 2.45) is 0 Å². The second kappa shape index (κ2) is 4.78. The van der Waals surface area contributed by atoms with E-state index in [1.807, 2.05) is 0 Å². The number of aromatic nitrogens is 1. The largest absolute Gasteiger partial charge is 0.506 e. The molecule has 3 aromatic carbocycles. The van der Waals surface area contributed by atoms with Crippen LogP contribution in [-0.4, -0.2) is 58.8 Å². The lowest BCUT2D eigenvalue weighted by Gasteiger charge is -2.13. The third-order valence-electron chi connectivity index (χ3n) is 4.55. The van der Waals surface area contributed by atoms with Gasteiger partial charge in [-0.1, -0.05) is 0 Å². The maximum Gasteiger partial charge on any atom is 0.205 e. The molecule has 0 bridgehead atoms. The van der Waals surface area contributed by atoms with E-state index in [9.17, 15) is 46.0 Å². The van der Waals surface area contributed by atoms with Crippen molar-refractivity contribution < 1.29 is 46.0 Å². The number of nitrogens with one attached hydrogen (secondary N) is 1. The Morgan fingerprint density at radius 1 is 0.407 bits per heavy atom. The third kappa shape index (κ3) is 1.69. The minimum Gasteiger partial charge on any atom is -0.506 e. The first-order valence-corrected chi connectivity index (χ1v) is 7.30. The number of H-pyrrole nitrogens is 1. The molecule has 1 heterocycles. The van der Waals surface area contributed by atoms with Crippen LogP contribution in [0.1, 0.15) is 0 Å². The van der Waals surface area contributed by atoms with Crippen molar-refractivity contribution in [3.63, 3.8) is 0 Å². The quantitative estimate of drug-likeness (QED) is 0.120. The Balaban J connectivity index is 2.44. The number of hydrogen-bond donors (Lipinski definition) is 10.